The van der Waals surface area contributed by atoms with Gasteiger partial charge in [0.05, 0.1) is 0 Å². The van der Waals surface area contributed by atoms with Gasteiger partial charge < -0.3 is 14.5 Å². The van der Waals surface area contributed by atoms with E-state index in [2.05, 4.69) is 74.6 Å². The summed E-state index contributed by atoms with van der Waals surface area (Å²) >= 11 is 0. The SMILES string of the molecule is CCC(C)(NC(=O)C1CCCC(O[Si](c2ccccc2)(c2ccccc2)C(C)(C)C)C1)C(=O)OC(C)(C)C. The average molecular weight is 538 g/mol. The first-order valence-electron chi connectivity index (χ1n) is 14.1. The van der Waals surface area contributed by atoms with E-state index in [-0.39, 0.29) is 23.0 Å². The topological polar surface area (TPSA) is 64.6 Å². The fraction of sp³-hybridized carbons (Fsp3) is 0.562. The number of carbonyl (C=O) groups excluding carboxylic acids is 2. The molecule has 2 aromatic carbocycles. The number of ether oxygens (including phenoxy) is 1. The first-order chi connectivity index (χ1) is 17.7. The molecule has 0 spiro atoms. The molecule has 0 aromatic heterocycles. The molecular formula is C32H47NO4Si. The molecule has 38 heavy (non-hydrogen) atoms. The van der Waals surface area contributed by atoms with Crippen molar-refractivity contribution >= 4 is 30.6 Å². The molecule has 0 bridgehead atoms. The molecule has 3 rings (SSSR count). The molecule has 0 aliphatic heterocycles. The Morgan fingerprint density at radius 2 is 1.39 bits per heavy atom. The molecule has 0 heterocycles. The van der Waals surface area contributed by atoms with Crippen LogP contribution in [-0.2, 0) is 18.8 Å². The number of hydrogen-bond acceptors (Lipinski definition) is 4. The van der Waals surface area contributed by atoms with Gasteiger partial charge in [-0.15, -0.1) is 0 Å². The third kappa shape index (κ3) is 6.76. The highest BCUT2D eigenvalue weighted by molar-refractivity contribution is 6.99. The molecular weight excluding hydrogens is 490 g/mol. The summed E-state index contributed by atoms with van der Waals surface area (Å²) in [5.41, 5.74) is -1.67. The van der Waals surface area contributed by atoms with Crippen LogP contribution in [0.25, 0.3) is 0 Å². The van der Waals surface area contributed by atoms with Gasteiger partial charge in [0.25, 0.3) is 8.32 Å². The first kappa shape index (κ1) is 30.1. The van der Waals surface area contributed by atoms with Crippen LogP contribution in [0.3, 0.4) is 0 Å². The minimum absolute atomic E-state index is 0.0415. The highest BCUT2D eigenvalue weighted by atomic mass is 28.4. The lowest BCUT2D eigenvalue weighted by molar-refractivity contribution is -0.164. The maximum atomic E-state index is 13.5. The van der Waals surface area contributed by atoms with Crippen molar-refractivity contribution < 1.29 is 18.8 Å². The zero-order chi connectivity index (χ0) is 28.2. The fourth-order valence-electron chi connectivity index (χ4n) is 5.48. The van der Waals surface area contributed by atoms with Gasteiger partial charge >= 0.3 is 5.97 Å². The lowest BCUT2D eigenvalue weighted by Crippen LogP contribution is -2.68. The predicted molar refractivity (Wildman–Crippen MR) is 157 cm³/mol. The van der Waals surface area contributed by atoms with Crippen molar-refractivity contribution in [3.8, 4) is 0 Å². The maximum absolute atomic E-state index is 13.5. The summed E-state index contributed by atoms with van der Waals surface area (Å²) in [6.07, 6.45) is 3.69. The Morgan fingerprint density at radius 3 is 1.84 bits per heavy atom. The molecule has 3 unspecified atom stereocenters. The second-order valence-corrected chi connectivity index (χ2v) is 17.2. The average Bonchev–Trinajstić information content (AvgIpc) is 2.86. The normalized spacial score (nSPS) is 20.3. The highest BCUT2D eigenvalue weighted by Gasteiger charge is 2.52. The number of esters is 1. The van der Waals surface area contributed by atoms with Gasteiger partial charge in [0, 0.05) is 12.0 Å². The number of amides is 1. The molecule has 0 saturated heterocycles. The van der Waals surface area contributed by atoms with E-state index in [1.807, 2.05) is 39.8 Å². The van der Waals surface area contributed by atoms with Gasteiger partial charge in [-0.3, -0.25) is 4.79 Å². The molecule has 1 aliphatic rings. The Morgan fingerprint density at radius 1 is 0.868 bits per heavy atom. The van der Waals surface area contributed by atoms with Crippen molar-refractivity contribution in [2.24, 2.45) is 5.92 Å². The summed E-state index contributed by atoms with van der Waals surface area (Å²) in [6.45, 7) is 16.0. The van der Waals surface area contributed by atoms with Gasteiger partial charge in [0.15, 0.2) is 0 Å². The van der Waals surface area contributed by atoms with Crippen LogP contribution in [0.15, 0.2) is 60.7 Å². The maximum Gasteiger partial charge on any atom is 0.332 e. The van der Waals surface area contributed by atoms with E-state index in [1.165, 1.54) is 10.4 Å². The third-order valence-corrected chi connectivity index (χ3v) is 12.8. The van der Waals surface area contributed by atoms with E-state index in [1.54, 1.807) is 6.92 Å². The summed E-state index contributed by atoms with van der Waals surface area (Å²) in [4.78, 5) is 26.5. The molecule has 1 aliphatic carbocycles. The van der Waals surface area contributed by atoms with Gasteiger partial charge in [-0.25, -0.2) is 4.79 Å². The van der Waals surface area contributed by atoms with Gasteiger partial charge in [-0.05, 0) is 68.8 Å². The Hall–Kier alpha value is -2.44. The fourth-order valence-corrected chi connectivity index (χ4v) is 10.2. The summed E-state index contributed by atoms with van der Waals surface area (Å²) in [6, 6.07) is 21.3. The number of rotatable bonds is 8. The largest absolute Gasteiger partial charge is 0.458 e. The number of carbonyl (C=O) groups is 2. The lowest BCUT2D eigenvalue weighted by Gasteiger charge is -2.46. The molecule has 1 saturated carbocycles. The highest BCUT2D eigenvalue weighted by Crippen LogP contribution is 2.40. The van der Waals surface area contributed by atoms with Crippen LogP contribution in [-0.4, -0.2) is 37.4 Å². The van der Waals surface area contributed by atoms with E-state index in [4.69, 9.17) is 9.16 Å². The first-order valence-corrected chi connectivity index (χ1v) is 16.0. The van der Waals surface area contributed by atoms with E-state index in [0.29, 0.717) is 12.8 Å². The number of benzene rings is 2. The molecule has 3 atom stereocenters. The Labute approximate surface area is 230 Å². The monoisotopic (exact) mass is 537 g/mol. The smallest absolute Gasteiger partial charge is 0.332 e. The van der Waals surface area contributed by atoms with Crippen LogP contribution in [0.1, 0.15) is 87.5 Å². The Balaban J connectivity index is 1.87. The zero-order valence-electron chi connectivity index (χ0n) is 24.6. The second-order valence-electron chi connectivity index (χ2n) is 12.9. The zero-order valence-corrected chi connectivity index (χ0v) is 25.6. The number of hydrogen-bond donors (Lipinski definition) is 1. The lowest BCUT2D eigenvalue weighted by atomic mass is 9.85. The Kier molecular flexibility index (Phi) is 9.31. The van der Waals surface area contributed by atoms with E-state index >= 15 is 0 Å². The van der Waals surface area contributed by atoms with E-state index in [0.717, 1.165) is 19.3 Å². The molecule has 2 aromatic rings. The van der Waals surface area contributed by atoms with Crippen molar-refractivity contribution in [1.29, 1.82) is 0 Å². The summed E-state index contributed by atoms with van der Waals surface area (Å²) < 4.78 is 13.0. The number of nitrogens with one attached hydrogen (secondary N) is 1. The molecule has 5 nitrogen and oxygen atoms in total. The summed E-state index contributed by atoms with van der Waals surface area (Å²) in [5.74, 6) is -0.687. The van der Waals surface area contributed by atoms with Gasteiger partial charge in [0.1, 0.15) is 11.1 Å². The van der Waals surface area contributed by atoms with Crippen LogP contribution in [0.4, 0.5) is 0 Å². The molecule has 208 valence electrons. The van der Waals surface area contributed by atoms with Crippen LogP contribution in [0.5, 0.6) is 0 Å². The van der Waals surface area contributed by atoms with Crippen LogP contribution >= 0.6 is 0 Å². The minimum Gasteiger partial charge on any atom is -0.458 e. The third-order valence-electron chi connectivity index (χ3n) is 7.71. The van der Waals surface area contributed by atoms with Crippen LogP contribution in [0, 0.1) is 5.92 Å². The van der Waals surface area contributed by atoms with E-state index < -0.39 is 25.4 Å². The van der Waals surface area contributed by atoms with Crippen LogP contribution < -0.4 is 15.7 Å². The second kappa shape index (κ2) is 11.7. The summed E-state index contributed by atoms with van der Waals surface area (Å²) in [5, 5.41) is 5.42. The van der Waals surface area contributed by atoms with Gasteiger partial charge in [-0.2, -0.15) is 0 Å². The molecule has 1 fully saturated rings. The van der Waals surface area contributed by atoms with Crippen molar-refractivity contribution in [2.75, 3.05) is 0 Å². The molecule has 1 amide bonds. The van der Waals surface area contributed by atoms with Crippen molar-refractivity contribution in [3.63, 3.8) is 0 Å². The van der Waals surface area contributed by atoms with Gasteiger partial charge in [-0.1, -0.05) is 94.8 Å². The van der Waals surface area contributed by atoms with Crippen molar-refractivity contribution in [3.05, 3.63) is 60.7 Å². The van der Waals surface area contributed by atoms with Crippen molar-refractivity contribution in [1.82, 2.24) is 5.32 Å². The molecule has 0 radical (unpaired) electrons. The summed E-state index contributed by atoms with van der Waals surface area (Å²) in [7, 11) is -2.71. The van der Waals surface area contributed by atoms with E-state index in [9.17, 15) is 9.59 Å². The quantitative estimate of drug-likeness (QED) is 0.344. The van der Waals surface area contributed by atoms with Crippen molar-refractivity contribution in [2.45, 2.75) is 110 Å². The molecule has 1 N–H and O–H groups in total. The Bertz CT molecular complexity index is 1030. The minimum atomic E-state index is -2.71. The standard InChI is InChI=1S/C32H47NO4Si/c1-9-32(8,29(35)36-30(2,3)4)33-28(34)24-17-16-18-25(23-24)37-38(31(5,6)7,26-19-12-10-13-20-26)27-21-14-11-15-22-27/h10-15,19-22,24-25H,9,16-18,23H2,1-8H3,(H,33,34). The van der Waals surface area contributed by atoms with Crippen LogP contribution in [0.2, 0.25) is 5.04 Å². The molecule has 6 heteroatoms. The van der Waals surface area contributed by atoms with Gasteiger partial charge in [0.2, 0.25) is 5.91 Å². The predicted octanol–water partition coefficient (Wildman–Crippen LogP) is 5.75.